The number of fused-ring (bicyclic) bond motifs is 3. The predicted octanol–water partition coefficient (Wildman–Crippen LogP) is -4.56. The summed E-state index contributed by atoms with van der Waals surface area (Å²) in [5.41, 5.74) is 16.4. The minimum atomic E-state index is -5.26. The third-order valence-corrected chi connectivity index (χ3v) is 11.2. The van der Waals surface area contributed by atoms with Gasteiger partial charge in [-0.15, -0.1) is 5.11 Å². The van der Waals surface area contributed by atoms with Gasteiger partial charge in [-0.1, -0.05) is 18.2 Å². The van der Waals surface area contributed by atoms with Crippen LogP contribution in [-0.4, -0.2) is 61.9 Å². The largest absolute Gasteiger partial charge is 1.00 e. The zero-order valence-electron chi connectivity index (χ0n) is 32.0. The van der Waals surface area contributed by atoms with Crippen LogP contribution in [0.25, 0.3) is 22.9 Å². The Kier molecular flexibility index (Phi) is 15.6. The molecule has 0 heterocycles. The van der Waals surface area contributed by atoms with E-state index in [9.17, 15) is 48.5 Å². The molecule has 0 radical (unpaired) electrons. The van der Waals surface area contributed by atoms with Crippen LogP contribution >= 0.6 is 0 Å². The molecule has 0 aliphatic heterocycles. The Balaban J connectivity index is 0.00000273. The molecule has 61 heavy (non-hydrogen) atoms. The molecule has 0 bridgehead atoms. The summed E-state index contributed by atoms with van der Waals surface area (Å²) in [6, 6.07) is 20.3. The monoisotopic (exact) mass is 908 g/mol. The Labute approximate surface area is 413 Å². The summed E-state index contributed by atoms with van der Waals surface area (Å²) >= 11 is 0. The molecule has 19 nitrogen and oxygen atoms in total. The molecule has 2 aliphatic rings. The van der Waals surface area contributed by atoms with Crippen molar-refractivity contribution >= 4 is 110 Å². The van der Waals surface area contributed by atoms with Gasteiger partial charge in [0.05, 0.1) is 37.5 Å². The average Bonchev–Trinajstić information content (AvgIpc) is 3.16. The number of nitrogen functional groups attached to an aromatic ring is 2. The van der Waals surface area contributed by atoms with Gasteiger partial charge in [-0.25, -0.2) is 25.3 Å². The van der Waals surface area contributed by atoms with Gasteiger partial charge in [-0.3, -0.25) is 20.4 Å². The van der Waals surface area contributed by atoms with Crippen molar-refractivity contribution in [1.29, 1.82) is 0 Å². The summed E-state index contributed by atoms with van der Waals surface area (Å²) < 4.78 is 108. The first-order valence-corrected chi connectivity index (χ1v) is 20.5. The van der Waals surface area contributed by atoms with E-state index in [0.717, 1.165) is 24.3 Å². The second-order valence-corrected chi connectivity index (χ2v) is 16.5. The van der Waals surface area contributed by atoms with Crippen LogP contribution in [0, 0.1) is 0 Å². The molecule has 5 aromatic rings. The number of hydrogen-bond acceptors (Lipinski definition) is 19. The number of Topliss-reactive ketones (excluding diaryl/α,β-unsaturated/α-hetero) is 2. The maximum Gasteiger partial charge on any atom is 1.00 e. The van der Waals surface area contributed by atoms with Crippen molar-refractivity contribution in [3.63, 3.8) is 0 Å². The van der Waals surface area contributed by atoms with Crippen molar-refractivity contribution in [2.75, 3.05) is 22.3 Å². The number of carbonyl (C=O) groups is 2. The van der Waals surface area contributed by atoms with Crippen LogP contribution in [0.4, 0.5) is 34.1 Å². The van der Waals surface area contributed by atoms with Gasteiger partial charge in [0.2, 0.25) is 11.6 Å². The number of rotatable bonds is 9. The number of ketones is 2. The number of nitrogens with zero attached hydrogens (tertiary/aromatic N) is 4. The van der Waals surface area contributed by atoms with Gasteiger partial charge in [0.15, 0.2) is 0 Å². The van der Waals surface area contributed by atoms with E-state index in [1.54, 1.807) is 0 Å². The summed E-state index contributed by atoms with van der Waals surface area (Å²) in [5, 5.41) is 16.8. The molecule has 2 aliphatic carbocycles. The summed E-state index contributed by atoms with van der Waals surface area (Å²) in [6.07, 6.45) is 1.91. The summed E-state index contributed by atoms with van der Waals surface area (Å²) in [6.45, 7) is 0. The Morgan fingerprint density at radius 3 is 1.61 bits per heavy atom. The molecule has 0 atom stereocenters. The molecule has 0 saturated heterocycles. The van der Waals surface area contributed by atoms with Crippen LogP contribution in [0.1, 0.15) is 31.8 Å². The zero-order chi connectivity index (χ0) is 41.7. The van der Waals surface area contributed by atoms with Gasteiger partial charge in [-0.2, -0.15) is 15.3 Å². The van der Waals surface area contributed by atoms with Crippen LogP contribution < -0.4 is 111 Å². The SMILES string of the molecule is Nc1ccc2c(c1)C(=O)/C(=N\Nc1ccc3c(c1)C(=O)/C(=N/Nc1ccc(N=Nc4ccc(N)c5ccc(S(=O)(=O)[O-])cc45)cc1)C(S(=O)(=O)[O-])=C3)C(S(=O)(=O)[O-])=C2.[Na+].[Na+].[Na+]. The third kappa shape index (κ3) is 10.8. The van der Waals surface area contributed by atoms with E-state index >= 15 is 0 Å². The van der Waals surface area contributed by atoms with Crippen molar-refractivity contribution < 1.29 is 137 Å². The quantitative estimate of drug-likeness (QED) is 0.0356. The molecule has 5 aromatic carbocycles. The second kappa shape index (κ2) is 19.2. The van der Waals surface area contributed by atoms with E-state index in [4.69, 9.17) is 11.5 Å². The summed E-state index contributed by atoms with van der Waals surface area (Å²) in [7, 11) is -15.2. The minimum Gasteiger partial charge on any atom is -0.744 e. The van der Waals surface area contributed by atoms with Crippen molar-refractivity contribution in [2.24, 2.45) is 20.4 Å². The van der Waals surface area contributed by atoms with E-state index in [1.165, 1.54) is 78.9 Å². The van der Waals surface area contributed by atoms with Crippen LogP contribution in [0.2, 0.25) is 0 Å². The molecule has 0 saturated carbocycles. The number of nitrogens with one attached hydrogen (secondary N) is 2. The smallest absolute Gasteiger partial charge is 0.744 e. The van der Waals surface area contributed by atoms with E-state index in [0.29, 0.717) is 11.1 Å². The van der Waals surface area contributed by atoms with Crippen molar-refractivity contribution in [3.05, 3.63) is 123 Å². The van der Waals surface area contributed by atoms with E-state index in [1.807, 2.05) is 0 Å². The van der Waals surface area contributed by atoms with Crippen molar-refractivity contribution in [1.82, 2.24) is 0 Å². The summed E-state index contributed by atoms with van der Waals surface area (Å²) in [4.78, 5) is 24.5. The van der Waals surface area contributed by atoms with E-state index in [-0.39, 0.29) is 145 Å². The van der Waals surface area contributed by atoms with E-state index in [2.05, 4.69) is 31.3 Å². The maximum absolute atomic E-state index is 13.7. The summed E-state index contributed by atoms with van der Waals surface area (Å²) in [5.74, 6) is -1.93. The number of hydrazone groups is 2. The first-order valence-electron chi connectivity index (χ1n) is 16.2. The molecule has 6 N–H and O–H groups in total. The van der Waals surface area contributed by atoms with Gasteiger partial charge >= 0.3 is 88.7 Å². The number of nitrogens with two attached hydrogens (primary N) is 2. The van der Waals surface area contributed by atoms with Crippen molar-refractivity contribution in [2.45, 2.75) is 4.90 Å². The molecule has 0 unspecified atom stereocenters. The van der Waals surface area contributed by atoms with Gasteiger partial charge < -0.3 is 25.1 Å². The first kappa shape index (κ1) is 49.7. The fourth-order valence-electron chi connectivity index (χ4n) is 5.87. The molecule has 0 fully saturated rings. The number of carbonyl (C=O) groups excluding carboxylic acids is 2. The van der Waals surface area contributed by atoms with Gasteiger partial charge in [0, 0.05) is 33.3 Å². The Hall–Kier alpha value is -3.95. The second-order valence-electron chi connectivity index (χ2n) is 12.5. The average molecular weight is 909 g/mol. The molecule has 0 amide bonds. The number of hydrogen-bond donors (Lipinski definition) is 4. The van der Waals surface area contributed by atoms with Crippen molar-refractivity contribution in [3.8, 4) is 0 Å². The predicted molar refractivity (Wildman–Crippen MR) is 210 cm³/mol. The molecule has 7 rings (SSSR count). The first-order chi connectivity index (χ1) is 27.3. The van der Waals surface area contributed by atoms with Crippen LogP contribution in [0.5, 0.6) is 0 Å². The number of azo groups is 1. The Bertz CT molecular complexity index is 3160. The van der Waals surface area contributed by atoms with Crippen LogP contribution in [0.3, 0.4) is 0 Å². The van der Waals surface area contributed by atoms with Crippen LogP contribution in [-0.2, 0) is 30.4 Å². The topological polar surface area (TPSA) is 331 Å². The van der Waals surface area contributed by atoms with Gasteiger partial charge in [-0.05, 0) is 96.1 Å². The molecule has 25 heteroatoms. The number of allylic oxidation sites excluding steroid dienone is 2. The molecule has 294 valence electrons. The van der Waals surface area contributed by atoms with Gasteiger partial charge in [0.25, 0.3) is 0 Å². The molecule has 0 aromatic heterocycles. The zero-order valence-corrected chi connectivity index (χ0v) is 40.4. The van der Waals surface area contributed by atoms with Gasteiger partial charge in [0.1, 0.15) is 41.8 Å². The molecular weight excluding hydrogens is 886 g/mol. The number of benzene rings is 5. The standard InChI is InChI=1S/C36H26N8O11S3.3Na/c37-20-3-1-18-13-31(57(50,51)52)33(35(45)26(18)15-20)44-41-23-4-2-19-14-32(58(53,54)55)34(36(46)27(19)16-23)43-40-22-7-5-21(6-8-22)39-42-30-12-11-29(38)25-10-9-24(17-28(25)30)56(47,48)49;;;/h1-17,40-41H,37-38H2,(H,47,48,49)(H,50,51,52)(H,53,54,55);;;/q;3*+1/p-3/b42-39?,43-34+,44-33-;;;. The molecular formula is C36H23N8Na3O11S3. The third-order valence-electron chi connectivity index (χ3n) is 8.65. The normalized spacial score (nSPS) is 15.2. The molecule has 0 spiro atoms. The minimum absolute atomic E-state index is 0. The number of anilines is 4. The Morgan fingerprint density at radius 2 is 1.05 bits per heavy atom. The van der Waals surface area contributed by atoms with E-state index < -0.39 is 68.0 Å². The maximum atomic E-state index is 13.7. The Morgan fingerprint density at radius 1 is 0.525 bits per heavy atom. The fraction of sp³-hybridized carbons (Fsp3) is 0. The fourth-order valence-corrected chi connectivity index (χ4v) is 7.66. The van der Waals surface area contributed by atoms with Crippen LogP contribution in [0.15, 0.2) is 126 Å².